The molecule has 2 aliphatic rings. The zero-order valence-electron chi connectivity index (χ0n) is 24.4. The van der Waals surface area contributed by atoms with Crippen molar-refractivity contribution in [3.05, 3.63) is 76.0 Å². The molecule has 5 rings (SSSR count). The number of benzene rings is 2. The molecule has 1 amide bonds. The molecule has 0 unspecified atom stereocenters. The molecule has 1 aliphatic heterocycles. The fourth-order valence-electron chi connectivity index (χ4n) is 5.03. The van der Waals surface area contributed by atoms with Crippen LogP contribution in [0.2, 0.25) is 5.02 Å². The van der Waals surface area contributed by atoms with Gasteiger partial charge >= 0.3 is 6.18 Å². The number of halogens is 5. The van der Waals surface area contributed by atoms with Gasteiger partial charge < -0.3 is 21.4 Å². The number of carbonyl (C=O) groups is 1. The molecule has 0 bridgehead atoms. The summed E-state index contributed by atoms with van der Waals surface area (Å²) in [5.74, 6) is -1.51. The minimum atomic E-state index is -4.51. The van der Waals surface area contributed by atoms with Gasteiger partial charge in [0.1, 0.15) is 11.9 Å². The molecule has 2 aromatic carbocycles. The first kappa shape index (κ1) is 31.2. The molecule has 44 heavy (non-hydrogen) atoms. The maximum absolute atomic E-state index is 15.9. The third-order valence-corrected chi connectivity index (χ3v) is 7.86. The Morgan fingerprint density at radius 3 is 2.59 bits per heavy atom. The average Bonchev–Trinajstić information content (AvgIpc) is 3.65. The molecule has 232 valence electrons. The summed E-state index contributed by atoms with van der Waals surface area (Å²) in [6, 6.07) is 8.52. The average molecular weight is 631 g/mol. The largest absolute Gasteiger partial charge is 0.413 e. The summed E-state index contributed by atoms with van der Waals surface area (Å²) in [7, 11) is 1.37. The molecule has 1 fully saturated rings. The van der Waals surface area contributed by atoms with Gasteiger partial charge in [-0.15, -0.1) is 5.53 Å². The number of hydrogen-bond acceptors (Lipinski definition) is 8. The number of hydrazine groups is 2. The van der Waals surface area contributed by atoms with Crippen LogP contribution < -0.4 is 26.9 Å². The topological polar surface area (TPSA) is 117 Å². The smallest absolute Gasteiger partial charge is 0.383 e. The van der Waals surface area contributed by atoms with Gasteiger partial charge in [-0.3, -0.25) is 14.8 Å². The van der Waals surface area contributed by atoms with Gasteiger partial charge in [-0.25, -0.2) is 4.39 Å². The number of amides is 1. The zero-order chi connectivity index (χ0) is 32.0. The van der Waals surface area contributed by atoms with Gasteiger partial charge in [-0.05, 0) is 36.5 Å². The van der Waals surface area contributed by atoms with E-state index in [9.17, 15) is 23.2 Å². The van der Waals surface area contributed by atoms with Crippen LogP contribution >= 0.6 is 11.6 Å². The highest BCUT2D eigenvalue weighted by molar-refractivity contribution is 6.35. The van der Waals surface area contributed by atoms with Crippen LogP contribution in [0.25, 0.3) is 10.9 Å². The maximum atomic E-state index is 15.9. The lowest BCUT2D eigenvalue weighted by molar-refractivity contribution is -0.195. The lowest BCUT2D eigenvalue weighted by atomic mass is 9.96. The van der Waals surface area contributed by atoms with E-state index in [4.69, 9.17) is 11.6 Å². The Kier molecular flexibility index (Phi) is 8.02. The second kappa shape index (κ2) is 11.3. The molecule has 1 aliphatic carbocycles. The number of fused-ring (bicyclic) bond motifs is 1. The van der Waals surface area contributed by atoms with E-state index in [-0.39, 0.29) is 45.7 Å². The van der Waals surface area contributed by atoms with Crippen molar-refractivity contribution in [1.29, 1.82) is 5.26 Å². The quantitative estimate of drug-likeness (QED) is 0.189. The molecule has 9 nitrogen and oxygen atoms in total. The Morgan fingerprint density at radius 1 is 1.25 bits per heavy atom. The van der Waals surface area contributed by atoms with Crippen LogP contribution in [0.15, 0.2) is 48.4 Å². The Balaban J connectivity index is 1.62. The second-order valence-corrected chi connectivity index (χ2v) is 12.4. The number of rotatable bonds is 8. The number of nitriles is 1. The van der Waals surface area contributed by atoms with E-state index in [2.05, 4.69) is 38.0 Å². The van der Waals surface area contributed by atoms with E-state index in [0.29, 0.717) is 28.8 Å². The van der Waals surface area contributed by atoms with Crippen molar-refractivity contribution < 1.29 is 22.4 Å². The molecule has 14 heteroatoms. The standard InChI is InChI=1S/C30H31ClF4N8O/c1-28(2,3)15-39-24-16(12-36)13-38-25-20(24)10-17(11-21(25)31)40-26(18-6-5-7-19(23(18)32)27(44)37-4)22-14-43(42-41-22)29(8-9-29)30(33,34)35/h5-7,10-11,13-14,26,40-42H,8-9,15H2,1-4H3,(H,37,44)(H,38,39)/t26-/m0/s1. The Bertz CT molecular complexity index is 1690. The molecule has 0 radical (unpaired) electrons. The van der Waals surface area contributed by atoms with Crippen molar-refractivity contribution in [2.45, 2.75) is 51.4 Å². The molecule has 1 atom stereocenters. The molecule has 2 heterocycles. The molecule has 0 spiro atoms. The summed E-state index contributed by atoms with van der Waals surface area (Å²) in [6.07, 6.45) is -2.04. The predicted molar refractivity (Wildman–Crippen MR) is 160 cm³/mol. The van der Waals surface area contributed by atoms with Crippen molar-refractivity contribution in [3.63, 3.8) is 0 Å². The molecule has 3 aromatic rings. The lowest BCUT2D eigenvalue weighted by Crippen LogP contribution is -2.52. The Labute approximate surface area is 256 Å². The lowest BCUT2D eigenvalue weighted by Gasteiger charge is -2.28. The summed E-state index contributed by atoms with van der Waals surface area (Å²) < 4.78 is 57.6. The van der Waals surface area contributed by atoms with E-state index >= 15 is 4.39 Å². The van der Waals surface area contributed by atoms with Crippen molar-refractivity contribution in [2.75, 3.05) is 24.2 Å². The number of aromatic nitrogens is 1. The number of alkyl halides is 3. The molecule has 5 N–H and O–H groups in total. The van der Waals surface area contributed by atoms with Crippen molar-refractivity contribution in [2.24, 2.45) is 5.41 Å². The van der Waals surface area contributed by atoms with Gasteiger partial charge in [-0.1, -0.05) is 44.5 Å². The summed E-state index contributed by atoms with van der Waals surface area (Å²) in [5.41, 5.74) is 4.62. The highest BCUT2D eigenvalue weighted by atomic mass is 35.5. The van der Waals surface area contributed by atoms with Crippen molar-refractivity contribution in [3.8, 4) is 6.07 Å². The number of pyridine rings is 1. The fraction of sp³-hybridized carbons (Fsp3) is 0.367. The SMILES string of the molecule is CNC(=O)c1cccc([C@H](Nc2cc(Cl)c3ncc(C#N)c(NCC(C)(C)C)c3c2)C2=CN(C3(C(F)(F)F)CC3)NN2)c1F. The minimum absolute atomic E-state index is 0.00319. The minimum Gasteiger partial charge on any atom is -0.383 e. The first-order valence-electron chi connectivity index (χ1n) is 13.8. The summed E-state index contributed by atoms with van der Waals surface area (Å²) in [4.78, 5) is 16.8. The summed E-state index contributed by atoms with van der Waals surface area (Å²) >= 11 is 6.65. The van der Waals surface area contributed by atoms with Crippen LogP contribution in [0, 0.1) is 22.6 Å². The summed E-state index contributed by atoms with van der Waals surface area (Å²) in [6.45, 7) is 6.62. The van der Waals surface area contributed by atoms with Crippen molar-refractivity contribution >= 4 is 39.8 Å². The number of nitrogens with one attached hydrogen (secondary N) is 5. The number of hydrogen-bond donors (Lipinski definition) is 5. The predicted octanol–water partition coefficient (Wildman–Crippen LogP) is 6.13. The van der Waals surface area contributed by atoms with Crippen LogP contribution in [0.3, 0.4) is 0 Å². The highest BCUT2D eigenvalue weighted by Gasteiger charge is 2.67. The molecular weight excluding hydrogens is 600 g/mol. The monoisotopic (exact) mass is 630 g/mol. The summed E-state index contributed by atoms with van der Waals surface area (Å²) in [5, 5.41) is 20.4. The van der Waals surface area contributed by atoms with E-state index < -0.39 is 29.5 Å². The van der Waals surface area contributed by atoms with Crippen LogP contribution in [-0.4, -0.2) is 41.2 Å². The van der Waals surface area contributed by atoms with Crippen molar-refractivity contribution in [1.82, 2.24) is 26.3 Å². The number of nitrogens with zero attached hydrogens (tertiary/aromatic N) is 3. The van der Waals surface area contributed by atoms with E-state index in [1.54, 1.807) is 12.1 Å². The van der Waals surface area contributed by atoms with E-state index in [0.717, 1.165) is 5.01 Å². The maximum Gasteiger partial charge on any atom is 0.413 e. The normalized spacial score (nSPS) is 16.5. The van der Waals surface area contributed by atoms with Crippen LogP contribution in [0.4, 0.5) is 28.9 Å². The Morgan fingerprint density at radius 2 is 1.98 bits per heavy atom. The molecule has 1 saturated carbocycles. The van der Waals surface area contributed by atoms with Gasteiger partial charge in [0, 0.05) is 42.6 Å². The zero-order valence-corrected chi connectivity index (χ0v) is 25.1. The van der Waals surface area contributed by atoms with Gasteiger partial charge in [0.15, 0.2) is 5.54 Å². The fourth-order valence-corrected chi connectivity index (χ4v) is 5.30. The molecule has 0 saturated heterocycles. The second-order valence-electron chi connectivity index (χ2n) is 12.0. The van der Waals surface area contributed by atoms with Gasteiger partial charge in [0.2, 0.25) is 0 Å². The third-order valence-electron chi connectivity index (χ3n) is 7.58. The number of anilines is 2. The third kappa shape index (κ3) is 5.79. The van der Waals surface area contributed by atoms with E-state index in [1.807, 2.05) is 20.8 Å². The first-order chi connectivity index (χ1) is 20.7. The van der Waals surface area contributed by atoms with Crippen LogP contribution in [0.5, 0.6) is 0 Å². The van der Waals surface area contributed by atoms with Gasteiger partial charge in [-0.2, -0.15) is 18.4 Å². The first-order valence-corrected chi connectivity index (χ1v) is 14.2. The molecular formula is C30H31ClF4N8O. The van der Waals surface area contributed by atoms with Gasteiger partial charge in [0.25, 0.3) is 5.91 Å². The van der Waals surface area contributed by atoms with Crippen LogP contribution in [0.1, 0.15) is 61.1 Å². The van der Waals surface area contributed by atoms with Crippen LogP contribution in [-0.2, 0) is 0 Å². The highest BCUT2D eigenvalue weighted by Crippen LogP contribution is 2.54. The Hall–Kier alpha value is -4.28. The van der Waals surface area contributed by atoms with Gasteiger partial charge in [0.05, 0.1) is 39.1 Å². The number of carbonyl (C=O) groups excluding carboxylic acids is 1. The van der Waals surface area contributed by atoms with E-state index in [1.165, 1.54) is 37.6 Å². The molecule has 1 aromatic heterocycles.